The molecule has 0 fully saturated rings. The molecular formula is C17H25N3O5. The van der Waals surface area contributed by atoms with Gasteiger partial charge in [-0.25, -0.2) is 4.79 Å². The van der Waals surface area contributed by atoms with Gasteiger partial charge < -0.3 is 30.4 Å². The van der Waals surface area contributed by atoms with Crippen molar-refractivity contribution in [3.8, 4) is 17.2 Å². The van der Waals surface area contributed by atoms with Crippen LogP contribution < -0.4 is 25.7 Å². The number of methoxy groups -OCH3 is 3. The minimum Gasteiger partial charge on any atom is -0.493 e. The van der Waals surface area contributed by atoms with E-state index in [0.717, 1.165) is 12.0 Å². The van der Waals surface area contributed by atoms with Crippen molar-refractivity contribution in [2.24, 2.45) is 16.5 Å². The van der Waals surface area contributed by atoms with Crippen molar-refractivity contribution in [1.29, 1.82) is 0 Å². The number of unbranched alkanes of at least 4 members (excludes halogenated alkanes) is 1. The lowest BCUT2D eigenvalue weighted by Gasteiger charge is -2.12. The Morgan fingerprint density at radius 1 is 1.08 bits per heavy atom. The van der Waals surface area contributed by atoms with Gasteiger partial charge in [0.15, 0.2) is 17.5 Å². The van der Waals surface area contributed by atoms with Crippen LogP contribution in [0.25, 0.3) is 6.08 Å². The van der Waals surface area contributed by atoms with Crippen LogP contribution in [0, 0.1) is 0 Å². The van der Waals surface area contributed by atoms with Crippen molar-refractivity contribution >= 4 is 18.0 Å². The Morgan fingerprint density at radius 3 is 2.24 bits per heavy atom. The zero-order chi connectivity index (χ0) is 18.7. The largest absolute Gasteiger partial charge is 0.493 e. The SMILES string of the molecule is COc1cc(/C=C/C(=O)OCCCCN=C(N)N)cc(OC)c1OC. The second-order valence-corrected chi connectivity index (χ2v) is 4.97. The third-order valence-corrected chi connectivity index (χ3v) is 3.19. The molecule has 0 aromatic heterocycles. The molecule has 0 saturated heterocycles. The molecule has 0 aliphatic heterocycles. The van der Waals surface area contributed by atoms with E-state index in [0.29, 0.717) is 36.8 Å². The fraction of sp³-hybridized carbons (Fsp3) is 0.412. The Labute approximate surface area is 147 Å². The van der Waals surface area contributed by atoms with E-state index in [2.05, 4.69) is 4.99 Å². The smallest absolute Gasteiger partial charge is 0.330 e. The van der Waals surface area contributed by atoms with Crippen LogP contribution >= 0.6 is 0 Å². The van der Waals surface area contributed by atoms with Gasteiger partial charge in [0.05, 0.1) is 27.9 Å². The number of rotatable bonds is 10. The predicted octanol–water partition coefficient (Wildman–Crippen LogP) is 1.32. The van der Waals surface area contributed by atoms with Crippen molar-refractivity contribution < 1.29 is 23.7 Å². The van der Waals surface area contributed by atoms with Gasteiger partial charge in [-0.1, -0.05) is 0 Å². The maximum absolute atomic E-state index is 11.7. The number of carbonyl (C=O) groups is 1. The number of hydrogen-bond donors (Lipinski definition) is 2. The number of benzene rings is 1. The number of ether oxygens (including phenoxy) is 4. The van der Waals surface area contributed by atoms with Gasteiger partial charge in [-0.15, -0.1) is 0 Å². The van der Waals surface area contributed by atoms with Crippen LogP contribution in [0.2, 0.25) is 0 Å². The van der Waals surface area contributed by atoms with Crippen molar-refractivity contribution in [2.45, 2.75) is 12.8 Å². The van der Waals surface area contributed by atoms with Crippen LogP contribution in [0.15, 0.2) is 23.2 Å². The van der Waals surface area contributed by atoms with Crippen LogP contribution in [-0.4, -0.2) is 46.4 Å². The number of aliphatic imine (C=N–C) groups is 1. The number of nitrogens with zero attached hydrogens (tertiary/aromatic N) is 1. The molecule has 1 aromatic rings. The summed E-state index contributed by atoms with van der Waals surface area (Å²) in [5.74, 6) is 1.13. The van der Waals surface area contributed by atoms with Crippen LogP contribution in [-0.2, 0) is 9.53 Å². The second kappa shape index (κ2) is 10.8. The van der Waals surface area contributed by atoms with Gasteiger partial charge >= 0.3 is 5.97 Å². The molecule has 0 aliphatic rings. The third kappa shape index (κ3) is 7.03. The third-order valence-electron chi connectivity index (χ3n) is 3.19. The zero-order valence-corrected chi connectivity index (χ0v) is 14.8. The summed E-state index contributed by atoms with van der Waals surface area (Å²) in [5, 5.41) is 0. The standard InChI is InChI=1S/C17H25N3O5/c1-22-13-10-12(11-14(23-2)16(13)24-3)6-7-15(21)25-9-5-4-8-20-17(18)19/h6-7,10-11H,4-5,8-9H2,1-3H3,(H4,18,19,20)/b7-6+. The van der Waals surface area contributed by atoms with E-state index in [-0.39, 0.29) is 5.96 Å². The summed E-state index contributed by atoms with van der Waals surface area (Å²) >= 11 is 0. The van der Waals surface area contributed by atoms with Gasteiger partial charge in [-0.3, -0.25) is 4.99 Å². The molecule has 4 N–H and O–H groups in total. The monoisotopic (exact) mass is 351 g/mol. The average Bonchev–Trinajstić information content (AvgIpc) is 2.61. The highest BCUT2D eigenvalue weighted by atomic mass is 16.5. The molecule has 0 atom stereocenters. The summed E-state index contributed by atoms with van der Waals surface area (Å²) in [4.78, 5) is 15.6. The molecule has 8 heteroatoms. The predicted molar refractivity (Wildman–Crippen MR) is 96.0 cm³/mol. The molecule has 0 aliphatic carbocycles. The maximum atomic E-state index is 11.7. The van der Waals surface area contributed by atoms with E-state index in [9.17, 15) is 4.79 Å². The number of esters is 1. The summed E-state index contributed by atoms with van der Waals surface area (Å²) in [5.41, 5.74) is 11.2. The van der Waals surface area contributed by atoms with Crippen LogP contribution in [0.5, 0.6) is 17.2 Å². The first-order valence-corrected chi connectivity index (χ1v) is 7.72. The molecule has 8 nitrogen and oxygen atoms in total. The van der Waals surface area contributed by atoms with Gasteiger partial charge in [-0.2, -0.15) is 0 Å². The lowest BCUT2D eigenvalue weighted by atomic mass is 10.1. The van der Waals surface area contributed by atoms with Gasteiger partial charge in [0, 0.05) is 12.6 Å². The quantitative estimate of drug-likeness (QED) is 0.214. The van der Waals surface area contributed by atoms with Gasteiger partial charge in [0.1, 0.15) is 0 Å². The normalized spacial score (nSPS) is 10.4. The highest BCUT2D eigenvalue weighted by Gasteiger charge is 2.12. The summed E-state index contributed by atoms with van der Waals surface area (Å²) in [6.45, 7) is 0.819. The first-order chi connectivity index (χ1) is 12.0. The molecule has 1 rings (SSSR count). The van der Waals surface area contributed by atoms with E-state index >= 15 is 0 Å². The van der Waals surface area contributed by atoms with E-state index in [4.69, 9.17) is 30.4 Å². The van der Waals surface area contributed by atoms with Gasteiger partial charge in [0.2, 0.25) is 5.75 Å². The second-order valence-electron chi connectivity index (χ2n) is 4.97. The molecule has 0 bridgehead atoms. The Bertz CT molecular complexity index is 600. The van der Waals surface area contributed by atoms with E-state index in [1.165, 1.54) is 27.4 Å². The lowest BCUT2D eigenvalue weighted by Crippen LogP contribution is -2.23. The van der Waals surface area contributed by atoms with Gasteiger partial charge in [-0.05, 0) is 36.6 Å². The Hall–Kier alpha value is -2.90. The molecule has 0 saturated carbocycles. The average molecular weight is 351 g/mol. The Morgan fingerprint density at radius 2 is 1.72 bits per heavy atom. The first-order valence-electron chi connectivity index (χ1n) is 7.72. The van der Waals surface area contributed by atoms with Crippen molar-refractivity contribution in [3.63, 3.8) is 0 Å². The number of carbonyl (C=O) groups excluding carboxylic acids is 1. The summed E-state index contributed by atoms with van der Waals surface area (Å²) in [6.07, 6.45) is 4.38. The fourth-order valence-electron chi connectivity index (χ4n) is 2.00. The van der Waals surface area contributed by atoms with Crippen LogP contribution in [0.1, 0.15) is 18.4 Å². The van der Waals surface area contributed by atoms with E-state index in [1.807, 2.05) is 0 Å². The topological polar surface area (TPSA) is 118 Å². The van der Waals surface area contributed by atoms with E-state index < -0.39 is 5.97 Å². The molecule has 0 amide bonds. The number of hydrogen-bond acceptors (Lipinski definition) is 6. The molecular weight excluding hydrogens is 326 g/mol. The molecule has 0 heterocycles. The van der Waals surface area contributed by atoms with Crippen LogP contribution in [0.4, 0.5) is 0 Å². The summed E-state index contributed by atoms with van der Waals surface area (Å²) in [7, 11) is 4.59. The molecule has 1 aromatic carbocycles. The van der Waals surface area contributed by atoms with Crippen molar-refractivity contribution in [3.05, 3.63) is 23.8 Å². The molecule has 0 radical (unpaired) electrons. The Balaban J connectivity index is 2.57. The lowest BCUT2D eigenvalue weighted by molar-refractivity contribution is -0.137. The highest BCUT2D eigenvalue weighted by molar-refractivity contribution is 5.87. The van der Waals surface area contributed by atoms with Gasteiger partial charge in [0.25, 0.3) is 0 Å². The fourth-order valence-corrected chi connectivity index (χ4v) is 2.00. The molecule has 25 heavy (non-hydrogen) atoms. The first kappa shape index (κ1) is 20.1. The zero-order valence-electron chi connectivity index (χ0n) is 14.8. The number of guanidine groups is 1. The minimum absolute atomic E-state index is 0.0604. The minimum atomic E-state index is -0.435. The maximum Gasteiger partial charge on any atom is 0.330 e. The van der Waals surface area contributed by atoms with E-state index in [1.54, 1.807) is 18.2 Å². The highest BCUT2D eigenvalue weighted by Crippen LogP contribution is 2.38. The molecule has 0 spiro atoms. The molecule has 0 unspecified atom stereocenters. The van der Waals surface area contributed by atoms with Crippen LogP contribution in [0.3, 0.4) is 0 Å². The summed E-state index contributed by atoms with van der Waals surface area (Å²) in [6, 6.07) is 3.47. The van der Waals surface area contributed by atoms with Crippen molar-refractivity contribution in [2.75, 3.05) is 34.5 Å². The molecule has 138 valence electrons. The van der Waals surface area contributed by atoms with Crippen molar-refractivity contribution in [1.82, 2.24) is 0 Å². The Kier molecular flexibility index (Phi) is 8.70. The summed E-state index contributed by atoms with van der Waals surface area (Å²) < 4.78 is 20.9. The number of nitrogens with two attached hydrogens (primary N) is 2.